The van der Waals surface area contributed by atoms with Gasteiger partial charge in [0.25, 0.3) is 0 Å². The van der Waals surface area contributed by atoms with E-state index in [2.05, 4.69) is 18.8 Å². The van der Waals surface area contributed by atoms with Gasteiger partial charge >= 0.3 is 12.1 Å². The number of pyridine rings is 1. The van der Waals surface area contributed by atoms with Crippen LogP contribution in [-0.2, 0) is 25.7 Å². The first-order valence-electron chi connectivity index (χ1n) is 11.7. The Morgan fingerprint density at radius 2 is 1.97 bits per heavy atom. The number of piperidine rings is 1. The van der Waals surface area contributed by atoms with Gasteiger partial charge in [-0.2, -0.15) is 13.2 Å². The van der Waals surface area contributed by atoms with Crippen LogP contribution in [0.1, 0.15) is 58.1 Å². The normalized spacial score (nSPS) is 19.7. The average molecular weight is 489 g/mol. The van der Waals surface area contributed by atoms with Gasteiger partial charge in [0.15, 0.2) is 0 Å². The van der Waals surface area contributed by atoms with Crippen LogP contribution in [0.15, 0.2) is 24.4 Å². The van der Waals surface area contributed by atoms with Gasteiger partial charge in [0.05, 0.1) is 17.9 Å². The number of carbonyl (C=O) groups is 2. The summed E-state index contributed by atoms with van der Waals surface area (Å²) in [5.74, 6) is -1.33. The molecule has 3 rings (SSSR count). The van der Waals surface area contributed by atoms with E-state index in [9.17, 15) is 18.0 Å². The molecule has 1 amide bonds. The number of rotatable bonds is 8. The quantitative estimate of drug-likeness (QED) is 0.544. The molecule has 1 atom stereocenters. The van der Waals surface area contributed by atoms with E-state index in [1.54, 1.807) is 6.20 Å². The van der Waals surface area contributed by atoms with Gasteiger partial charge in [-0.15, -0.1) is 0 Å². The number of likely N-dealkylation sites (tertiary alicyclic amines) is 1. The number of halogens is 3. The van der Waals surface area contributed by atoms with E-state index >= 15 is 0 Å². The standard InChI is InChI=1S/C22H34N2O3.C2HF3O2/c1-18(2)6-7-21(25)24-13-10-22(11-14-24)19(9-16-27-22)8-15-26-17-20-5-3-4-12-23-20;3-2(4,5)1(6)7/h3-5,12,18-19H,6-11,13-17H2,1-2H3;(H,6,7). The Morgan fingerprint density at radius 3 is 2.53 bits per heavy atom. The first-order chi connectivity index (χ1) is 16.0. The lowest BCUT2D eigenvalue weighted by Gasteiger charge is -2.42. The smallest absolute Gasteiger partial charge is 0.475 e. The Morgan fingerprint density at radius 1 is 1.29 bits per heavy atom. The molecule has 0 bridgehead atoms. The summed E-state index contributed by atoms with van der Waals surface area (Å²) in [5, 5.41) is 7.12. The fourth-order valence-corrected chi connectivity index (χ4v) is 4.34. The zero-order valence-electron chi connectivity index (χ0n) is 19.9. The molecular weight excluding hydrogens is 453 g/mol. The molecule has 2 saturated heterocycles. The SMILES string of the molecule is CC(C)CCC(=O)N1CCC2(CC1)OCCC2CCOCc1ccccn1.O=C(O)C(F)(F)F. The molecule has 1 unspecified atom stereocenters. The molecule has 1 spiro atoms. The Labute approximate surface area is 198 Å². The van der Waals surface area contributed by atoms with Gasteiger partial charge < -0.3 is 19.5 Å². The van der Waals surface area contributed by atoms with E-state index in [4.69, 9.17) is 19.4 Å². The van der Waals surface area contributed by atoms with Crippen molar-refractivity contribution in [2.24, 2.45) is 11.8 Å². The van der Waals surface area contributed by atoms with Crippen LogP contribution in [0.2, 0.25) is 0 Å². The Hall–Kier alpha value is -2.20. The molecule has 34 heavy (non-hydrogen) atoms. The van der Waals surface area contributed by atoms with E-state index in [0.29, 0.717) is 30.8 Å². The summed E-state index contributed by atoms with van der Waals surface area (Å²) in [4.78, 5) is 27.6. The van der Waals surface area contributed by atoms with E-state index in [-0.39, 0.29) is 5.60 Å². The molecule has 0 radical (unpaired) electrons. The minimum absolute atomic E-state index is 0.0385. The lowest BCUT2D eigenvalue weighted by Crippen LogP contribution is -2.49. The molecule has 2 fully saturated rings. The number of hydrogen-bond donors (Lipinski definition) is 1. The summed E-state index contributed by atoms with van der Waals surface area (Å²) in [6.07, 6.45) is 2.43. The van der Waals surface area contributed by atoms with Crippen molar-refractivity contribution in [3.63, 3.8) is 0 Å². The minimum atomic E-state index is -5.08. The number of amides is 1. The maximum Gasteiger partial charge on any atom is 0.490 e. The lowest BCUT2D eigenvalue weighted by molar-refractivity contribution is -0.192. The Kier molecular flexibility index (Phi) is 10.8. The van der Waals surface area contributed by atoms with Crippen LogP contribution < -0.4 is 0 Å². The molecule has 2 aliphatic rings. The summed E-state index contributed by atoms with van der Waals surface area (Å²) in [6.45, 7) is 8.16. The number of ether oxygens (including phenoxy) is 2. The number of aromatic nitrogens is 1. The molecule has 3 heterocycles. The number of aliphatic carboxylic acids is 1. The second kappa shape index (κ2) is 13.0. The Bertz CT molecular complexity index is 766. The molecular formula is C24H35F3N2O5. The number of hydrogen-bond acceptors (Lipinski definition) is 5. The van der Waals surface area contributed by atoms with Crippen LogP contribution in [0.25, 0.3) is 0 Å². The zero-order valence-corrected chi connectivity index (χ0v) is 19.9. The predicted octanol–water partition coefficient (Wildman–Crippen LogP) is 4.46. The van der Waals surface area contributed by atoms with Crippen molar-refractivity contribution in [1.82, 2.24) is 9.88 Å². The van der Waals surface area contributed by atoms with Crippen molar-refractivity contribution in [2.75, 3.05) is 26.3 Å². The lowest BCUT2D eigenvalue weighted by atomic mass is 9.78. The van der Waals surface area contributed by atoms with Gasteiger partial charge in [0, 0.05) is 38.9 Å². The molecule has 0 aliphatic carbocycles. The third-order valence-corrected chi connectivity index (χ3v) is 6.33. The van der Waals surface area contributed by atoms with Crippen LogP contribution in [0.4, 0.5) is 13.2 Å². The fourth-order valence-electron chi connectivity index (χ4n) is 4.34. The summed E-state index contributed by atoms with van der Waals surface area (Å²) >= 11 is 0. The molecule has 0 saturated carbocycles. The van der Waals surface area contributed by atoms with Crippen LogP contribution >= 0.6 is 0 Å². The van der Waals surface area contributed by atoms with E-state index in [1.165, 1.54) is 0 Å². The van der Waals surface area contributed by atoms with Crippen molar-refractivity contribution >= 4 is 11.9 Å². The third kappa shape index (κ3) is 8.87. The minimum Gasteiger partial charge on any atom is -0.475 e. The maximum atomic E-state index is 12.4. The first kappa shape index (κ1) is 28.0. The zero-order chi connectivity index (χ0) is 25.2. The highest BCUT2D eigenvalue weighted by Gasteiger charge is 2.46. The molecule has 192 valence electrons. The van der Waals surface area contributed by atoms with Gasteiger partial charge in [-0.3, -0.25) is 9.78 Å². The van der Waals surface area contributed by atoms with Crippen molar-refractivity contribution in [3.05, 3.63) is 30.1 Å². The number of carboxylic acid groups (broad SMARTS) is 1. The van der Waals surface area contributed by atoms with Gasteiger partial charge in [-0.05, 0) is 56.1 Å². The molecule has 1 aromatic heterocycles. The molecule has 1 aromatic rings. The van der Waals surface area contributed by atoms with Gasteiger partial charge in [0.1, 0.15) is 0 Å². The van der Waals surface area contributed by atoms with E-state index in [0.717, 1.165) is 64.1 Å². The number of carboxylic acids is 1. The second-order valence-corrected chi connectivity index (χ2v) is 9.18. The van der Waals surface area contributed by atoms with E-state index < -0.39 is 12.1 Å². The monoisotopic (exact) mass is 488 g/mol. The first-order valence-corrected chi connectivity index (χ1v) is 11.7. The molecule has 10 heteroatoms. The third-order valence-electron chi connectivity index (χ3n) is 6.33. The summed E-state index contributed by atoms with van der Waals surface area (Å²) in [6, 6.07) is 5.90. The average Bonchev–Trinajstić information content (AvgIpc) is 3.17. The largest absolute Gasteiger partial charge is 0.490 e. The molecule has 1 N–H and O–H groups in total. The van der Waals surface area contributed by atoms with Gasteiger partial charge in [-0.25, -0.2) is 4.79 Å². The number of alkyl halides is 3. The maximum absolute atomic E-state index is 12.4. The topological polar surface area (TPSA) is 89.0 Å². The fraction of sp³-hybridized carbons (Fsp3) is 0.708. The molecule has 0 aromatic carbocycles. The van der Waals surface area contributed by atoms with Crippen LogP contribution in [0, 0.1) is 11.8 Å². The van der Waals surface area contributed by atoms with Gasteiger partial charge in [0.2, 0.25) is 5.91 Å². The number of nitrogens with zero attached hydrogens (tertiary/aromatic N) is 2. The van der Waals surface area contributed by atoms with Crippen LogP contribution in [-0.4, -0.2) is 64.9 Å². The summed E-state index contributed by atoms with van der Waals surface area (Å²) < 4.78 is 43.8. The second-order valence-electron chi connectivity index (χ2n) is 9.18. The van der Waals surface area contributed by atoms with Crippen molar-refractivity contribution in [3.8, 4) is 0 Å². The van der Waals surface area contributed by atoms with E-state index in [1.807, 2.05) is 23.1 Å². The highest BCUT2D eigenvalue weighted by molar-refractivity contribution is 5.76. The van der Waals surface area contributed by atoms with Crippen molar-refractivity contribution in [1.29, 1.82) is 0 Å². The van der Waals surface area contributed by atoms with Crippen molar-refractivity contribution < 1.29 is 37.3 Å². The molecule has 2 aliphatic heterocycles. The molecule has 7 nitrogen and oxygen atoms in total. The predicted molar refractivity (Wildman–Crippen MR) is 119 cm³/mol. The van der Waals surface area contributed by atoms with Crippen LogP contribution in [0.3, 0.4) is 0 Å². The Balaban J connectivity index is 0.000000509. The van der Waals surface area contributed by atoms with Crippen LogP contribution in [0.5, 0.6) is 0 Å². The summed E-state index contributed by atoms with van der Waals surface area (Å²) in [5.41, 5.74) is 0.937. The highest BCUT2D eigenvalue weighted by atomic mass is 19.4. The highest BCUT2D eigenvalue weighted by Crippen LogP contribution is 2.42. The summed E-state index contributed by atoms with van der Waals surface area (Å²) in [7, 11) is 0. The number of carbonyl (C=O) groups excluding carboxylic acids is 1. The van der Waals surface area contributed by atoms with Crippen molar-refractivity contribution in [2.45, 2.75) is 70.8 Å². The van der Waals surface area contributed by atoms with Gasteiger partial charge in [-0.1, -0.05) is 19.9 Å².